The molecule has 2 heterocycles. The second kappa shape index (κ2) is 9.75. The maximum atomic E-state index is 5.71. The van der Waals surface area contributed by atoms with Crippen molar-refractivity contribution in [2.24, 2.45) is 4.99 Å². The van der Waals surface area contributed by atoms with Crippen molar-refractivity contribution >= 4 is 11.9 Å². The van der Waals surface area contributed by atoms with E-state index in [1.165, 1.54) is 0 Å². The first kappa shape index (κ1) is 18.9. The standard InChI is InChI=1S/C20H28N6O/c1-3-21-19(24-16-17-8-5-6-9-18(17)27-4-2)25-12-14-26(15-13-25)20-22-10-7-11-23-20/h5-11H,3-4,12-16H2,1-2H3,(H,21,24). The minimum absolute atomic E-state index is 0.598. The predicted molar refractivity (Wildman–Crippen MR) is 108 cm³/mol. The van der Waals surface area contributed by atoms with Gasteiger partial charge in [-0.3, -0.25) is 0 Å². The molecule has 0 unspecified atom stereocenters. The Labute approximate surface area is 161 Å². The highest BCUT2D eigenvalue weighted by Gasteiger charge is 2.21. The van der Waals surface area contributed by atoms with E-state index in [1.807, 2.05) is 31.2 Å². The van der Waals surface area contributed by atoms with Crippen LogP contribution in [0.2, 0.25) is 0 Å². The maximum absolute atomic E-state index is 5.71. The van der Waals surface area contributed by atoms with E-state index < -0.39 is 0 Å². The Kier molecular flexibility index (Phi) is 6.84. The minimum Gasteiger partial charge on any atom is -0.494 e. The number of rotatable bonds is 6. The molecule has 1 aromatic heterocycles. The third-order valence-electron chi connectivity index (χ3n) is 4.42. The summed E-state index contributed by atoms with van der Waals surface area (Å²) in [5.41, 5.74) is 1.10. The van der Waals surface area contributed by atoms with Crippen molar-refractivity contribution < 1.29 is 4.74 Å². The minimum atomic E-state index is 0.598. The molecule has 1 aliphatic heterocycles. The molecule has 0 spiro atoms. The summed E-state index contributed by atoms with van der Waals surface area (Å²) in [6, 6.07) is 9.94. The molecule has 0 saturated carbocycles. The molecule has 1 saturated heterocycles. The molecule has 1 fully saturated rings. The molecule has 2 aromatic rings. The lowest BCUT2D eigenvalue weighted by atomic mass is 10.2. The summed E-state index contributed by atoms with van der Waals surface area (Å²) >= 11 is 0. The van der Waals surface area contributed by atoms with Crippen LogP contribution >= 0.6 is 0 Å². The molecule has 1 aromatic carbocycles. The zero-order valence-electron chi connectivity index (χ0n) is 16.1. The SMILES string of the molecule is CCNC(=NCc1ccccc1OCC)N1CCN(c2ncccn2)CC1. The summed E-state index contributed by atoms with van der Waals surface area (Å²) in [6.07, 6.45) is 3.58. The normalized spacial score (nSPS) is 15.0. The maximum Gasteiger partial charge on any atom is 0.225 e. The number of nitrogens with zero attached hydrogens (tertiary/aromatic N) is 5. The van der Waals surface area contributed by atoms with E-state index >= 15 is 0 Å². The zero-order chi connectivity index (χ0) is 18.9. The average Bonchev–Trinajstić information content (AvgIpc) is 2.73. The van der Waals surface area contributed by atoms with Crippen LogP contribution in [0.5, 0.6) is 5.75 Å². The van der Waals surface area contributed by atoms with Gasteiger partial charge in [0, 0.05) is 50.7 Å². The molecule has 7 nitrogen and oxygen atoms in total. The molecule has 0 bridgehead atoms. The molecule has 0 amide bonds. The van der Waals surface area contributed by atoms with Crippen molar-refractivity contribution in [3.63, 3.8) is 0 Å². The summed E-state index contributed by atoms with van der Waals surface area (Å²) < 4.78 is 5.71. The van der Waals surface area contributed by atoms with Crippen molar-refractivity contribution in [2.75, 3.05) is 44.2 Å². The molecular weight excluding hydrogens is 340 g/mol. The van der Waals surface area contributed by atoms with E-state index in [4.69, 9.17) is 9.73 Å². The van der Waals surface area contributed by atoms with Crippen LogP contribution in [0.15, 0.2) is 47.7 Å². The lowest BCUT2D eigenvalue weighted by Gasteiger charge is -2.36. The Morgan fingerprint density at radius 1 is 1.07 bits per heavy atom. The quantitative estimate of drug-likeness (QED) is 0.623. The van der Waals surface area contributed by atoms with Crippen LogP contribution in [-0.2, 0) is 6.54 Å². The number of piperazine rings is 1. The fraction of sp³-hybridized carbons (Fsp3) is 0.450. The van der Waals surface area contributed by atoms with Crippen LogP contribution in [0.3, 0.4) is 0 Å². The molecule has 0 atom stereocenters. The third-order valence-corrected chi connectivity index (χ3v) is 4.42. The zero-order valence-corrected chi connectivity index (χ0v) is 16.1. The van der Waals surface area contributed by atoms with Crippen LogP contribution in [-0.4, -0.2) is 60.2 Å². The molecule has 1 N–H and O–H groups in total. The first-order chi connectivity index (χ1) is 13.3. The number of aromatic nitrogens is 2. The molecule has 27 heavy (non-hydrogen) atoms. The van der Waals surface area contributed by atoms with Gasteiger partial charge in [-0.05, 0) is 26.0 Å². The molecule has 144 valence electrons. The van der Waals surface area contributed by atoms with Crippen molar-refractivity contribution in [1.82, 2.24) is 20.2 Å². The summed E-state index contributed by atoms with van der Waals surface area (Å²) in [4.78, 5) is 18.1. The number of para-hydroxylation sites is 1. The number of ether oxygens (including phenoxy) is 1. The largest absolute Gasteiger partial charge is 0.494 e. The molecular formula is C20H28N6O. The lowest BCUT2D eigenvalue weighted by Crippen LogP contribution is -2.52. The highest BCUT2D eigenvalue weighted by Crippen LogP contribution is 2.19. The molecule has 7 heteroatoms. The highest BCUT2D eigenvalue weighted by atomic mass is 16.5. The molecule has 0 radical (unpaired) electrons. The van der Waals surface area contributed by atoms with Crippen molar-refractivity contribution in [2.45, 2.75) is 20.4 Å². The Hall–Kier alpha value is -2.83. The number of nitrogens with one attached hydrogen (secondary N) is 1. The number of benzene rings is 1. The second-order valence-corrected chi connectivity index (χ2v) is 6.23. The first-order valence-corrected chi connectivity index (χ1v) is 9.57. The number of aliphatic imine (C=N–C) groups is 1. The van der Waals surface area contributed by atoms with Gasteiger partial charge in [0.25, 0.3) is 0 Å². The summed E-state index contributed by atoms with van der Waals surface area (Å²) in [5, 5.41) is 3.41. The van der Waals surface area contributed by atoms with Crippen molar-refractivity contribution in [3.8, 4) is 5.75 Å². The Morgan fingerprint density at radius 2 is 1.81 bits per heavy atom. The van der Waals surface area contributed by atoms with Gasteiger partial charge in [-0.25, -0.2) is 15.0 Å². The van der Waals surface area contributed by atoms with E-state index in [1.54, 1.807) is 12.4 Å². The first-order valence-electron chi connectivity index (χ1n) is 9.57. The van der Waals surface area contributed by atoms with E-state index in [0.29, 0.717) is 13.2 Å². The number of anilines is 1. The van der Waals surface area contributed by atoms with Gasteiger partial charge in [-0.2, -0.15) is 0 Å². The number of hydrogen-bond acceptors (Lipinski definition) is 5. The Balaban J connectivity index is 1.65. The van der Waals surface area contributed by atoms with Crippen molar-refractivity contribution in [3.05, 3.63) is 48.3 Å². The van der Waals surface area contributed by atoms with Crippen LogP contribution in [0, 0.1) is 0 Å². The molecule has 3 rings (SSSR count). The van der Waals surface area contributed by atoms with E-state index in [-0.39, 0.29) is 0 Å². The number of guanidine groups is 1. The van der Waals surface area contributed by atoms with Gasteiger partial charge >= 0.3 is 0 Å². The van der Waals surface area contributed by atoms with Gasteiger partial charge in [-0.15, -0.1) is 0 Å². The second-order valence-electron chi connectivity index (χ2n) is 6.23. The summed E-state index contributed by atoms with van der Waals surface area (Å²) in [5.74, 6) is 2.65. The average molecular weight is 368 g/mol. The fourth-order valence-corrected chi connectivity index (χ4v) is 3.09. The van der Waals surface area contributed by atoms with Crippen molar-refractivity contribution in [1.29, 1.82) is 0 Å². The van der Waals surface area contributed by atoms with Gasteiger partial charge in [0.15, 0.2) is 5.96 Å². The molecule has 0 aliphatic carbocycles. The monoisotopic (exact) mass is 368 g/mol. The Morgan fingerprint density at radius 3 is 2.52 bits per heavy atom. The van der Waals surface area contributed by atoms with Gasteiger partial charge in [-0.1, -0.05) is 18.2 Å². The highest BCUT2D eigenvalue weighted by molar-refractivity contribution is 5.80. The van der Waals surface area contributed by atoms with Gasteiger partial charge in [0.2, 0.25) is 5.95 Å². The number of hydrogen-bond donors (Lipinski definition) is 1. The topological polar surface area (TPSA) is 65.9 Å². The summed E-state index contributed by atoms with van der Waals surface area (Å²) in [7, 11) is 0. The van der Waals surface area contributed by atoms with Gasteiger partial charge in [0.05, 0.1) is 13.2 Å². The fourth-order valence-electron chi connectivity index (χ4n) is 3.09. The summed E-state index contributed by atoms with van der Waals surface area (Å²) in [6.45, 7) is 9.72. The predicted octanol–water partition coefficient (Wildman–Crippen LogP) is 2.16. The smallest absolute Gasteiger partial charge is 0.225 e. The van der Waals surface area contributed by atoms with Crippen LogP contribution < -0.4 is 15.0 Å². The van der Waals surface area contributed by atoms with Crippen LogP contribution in [0.25, 0.3) is 0 Å². The van der Waals surface area contributed by atoms with Crippen LogP contribution in [0.1, 0.15) is 19.4 Å². The van der Waals surface area contributed by atoms with E-state index in [0.717, 1.165) is 55.9 Å². The van der Waals surface area contributed by atoms with Gasteiger partial charge < -0.3 is 19.9 Å². The molecule has 1 aliphatic rings. The van der Waals surface area contributed by atoms with Gasteiger partial charge in [0.1, 0.15) is 5.75 Å². The Bertz CT molecular complexity index is 728. The third kappa shape index (κ3) is 5.09. The van der Waals surface area contributed by atoms with Crippen LogP contribution in [0.4, 0.5) is 5.95 Å². The van der Waals surface area contributed by atoms with E-state index in [9.17, 15) is 0 Å². The lowest BCUT2D eigenvalue weighted by molar-refractivity contribution is 0.336. The van der Waals surface area contributed by atoms with E-state index in [2.05, 4.69) is 38.1 Å².